The number of hydrogen-bond acceptors (Lipinski definition) is 3. The highest BCUT2D eigenvalue weighted by atomic mass is 35.5. The van der Waals surface area contributed by atoms with Crippen molar-refractivity contribution in [2.45, 2.75) is 33.4 Å². The van der Waals surface area contributed by atoms with E-state index in [4.69, 9.17) is 27.6 Å². The Morgan fingerprint density at radius 3 is 2.61 bits per heavy atom. The van der Waals surface area contributed by atoms with Gasteiger partial charge in [-0.05, 0) is 51.1 Å². The summed E-state index contributed by atoms with van der Waals surface area (Å²) in [6, 6.07) is 8.83. The van der Waals surface area contributed by atoms with Crippen molar-refractivity contribution in [2.24, 2.45) is 0 Å². The number of carbonyl (C=O) groups excluding carboxylic acids is 1. The molecule has 2 aromatic heterocycles. The molecule has 5 nitrogen and oxygen atoms in total. The van der Waals surface area contributed by atoms with Crippen LogP contribution in [-0.4, -0.2) is 15.7 Å². The molecule has 1 N–H and O–H groups in total. The van der Waals surface area contributed by atoms with Crippen molar-refractivity contribution < 1.29 is 9.21 Å². The van der Waals surface area contributed by atoms with Crippen molar-refractivity contribution in [1.82, 2.24) is 15.1 Å². The summed E-state index contributed by atoms with van der Waals surface area (Å²) in [6.07, 6.45) is 4.86. The Hall–Kier alpha value is -2.50. The Balaban J connectivity index is 1.74. The van der Waals surface area contributed by atoms with Gasteiger partial charge in [0.25, 0.3) is 0 Å². The average Bonchev–Trinajstić information content (AvgIpc) is 3.26. The Bertz CT molecular complexity index is 987. The van der Waals surface area contributed by atoms with Crippen LogP contribution in [0.25, 0.3) is 6.08 Å². The molecule has 1 aromatic carbocycles. The monoisotopic (exact) mass is 417 g/mol. The molecule has 0 bridgehead atoms. The second-order valence-corrected chi connectivity index (χ2v) is 7.34. The third kappa shape index (κ3) is 4.49. The molecule has 0 aliphatic carbocycles. The Kier molecular flexibility index (Phi) is 6.27. The molecule has 146 valence electrons. The van der Waals surface area contributed by atoms with E-state index >= 15 is 0 Å². The van der Waals surface area contributed by atoms with Crippen molar-refractivity contribution in [3.05, 3.63) is 81.0 Å². The van der Waals surface area contributed by atoms with Gasteiger partial charge in [-0.3, -0.25) is 9.48 Å². The smallest absolute Gasteiger partial charge is 0.244 e. The summed E-state index contributed by atoms with van der Waals surface area (Å²) in [5.41, 5.74) is 3.46. The topological polar surface area (TPSA) is 60.1 Å². The fraction of sp³-hybridized carbons (Fsp3) is 0.238. The van der Waals surface area contributed by atoms with Gasteiger partial charge in [0.2, 0.25) is 5.91 Å². The van der Waals surface area contributed by atoms with Gasteiger partial charge in [0.05, 0.1) is 24.5 Å². The van der Waals surface area contributed by atoms with Crippen LogP contribution in [0.4, 0.5) is 0 Å². The summed E-state index contributed by atoms with van der Waals surface area (Å²) in [4.78, 5) is 12.2. The molecule has 28 heavy (non-hydrogen) atoms. The van der Waals surface area contributed by atoms with Crippen LogP contribution in [0.1, 0.15) is 41.2 Å². The average molecular weight is 418 g/mol. The summed E-state index contributed by atoms with van der Waals surface area (Å²) >= 11 is 12.5. The number of nitrogens with one attached hydrogen (secondary N) is 1. The minimum atomic E-state index is -0.209. The number of carbonyl (C=O) groups is 1. The molecule has 0 aliphatic heterocycles. The highest BCUT2D eigenvalue weighted by Gasteiger charge is 2.14. The number of hydrogen-bond donors (Lipinski definition) is 1. The van der Waals surface area contributed by atoms with Gasteiger partial charge in [0.15, 0.2) is 0 Å². The lowest BCUT2D eigenvalue weighted by atomic mass is 10.1. The van der Waals surface area contributed by atoms with Crippen molar-refractivity contribution in [3.8, 4) is 0 Å². The van der Waals surface area contributed by atoms with Crippen LogP contribution in [0, 0.1) is 13.8 Å². The van der Waals surface area contributed by atoms with E-state index in [0.29, 0.717) is 22.4 Å². The van der Waals surface area contributed by atoms with Crippen molar-refractivity contribution in [2.75, 3.05) is 0 Å². The number of rotatable bonds is 6. The second-order valence-electron chi connectivity index (χ2n) is 6.52. The van der Waals surface area contributed by atoms with Gasteiger partial charge in [-0.1, -0.05) is 29.3 Å². The summed E-state index contributed by atoms with van der Waals surface area (Å²) in [7, 11) is 0. The van der Waals surface area contributed by atoms with Crippen LogP contribution < -0.4 is 5.32 Å². The molecular formula is C21H21Cl2N3O2. The Morgan fingerprint density at radius 1 is 1.25 bits per heavy atom. The van der Waals surface area contributed by atoms with Crippen LogP contribution in [0.15, 0.2) is 47.1 Å². The van der Waals surface area contributed by atoms with E-state index in [1.54, 1.807) is 30.5 Å². The molecule has 0 saturated carbocycles. The normalized spacial score (nSPS) is 12.5. The van der Waals surface area contributed by atoms with Gasteiger partial charge in [-0.25, -0.2) is 0 Å². The molecule has 0 saturated heterocycles. The largest absolute Gasteiger partial charge is 0.467 e. The molecule has 3 aromatic rings. The highest BCUT2D eigenvalue weighted by Crippen LogP contribution is 2.26. The van der Waals surface area contributed by atoms with Crippen LogP contribution >= 0.6 is 23.2 Å². The van der Waals surface area contributed by atoms with Gasteiger partial charge in [-0.15, -0.1) is 0 Å². The third-order valence-corrected chi connectivity index (χ3v) is 5.25. The lowest BCUT2D eigenvalue weighted by Gasteiger charge is -2.09. The van der Waals surface area contributed by atoms with Crippen LogP contribution in [0.5, 0.6) is 0 Å². The molecule has 7 heteroatoms. The first kappa shape index (κ1) is 20.2. The minimum Gasteiger partial charge on any atom is -0.467 e. The molecule has 0 unspecified atom stereocenters. The minimum absolute atomic E-state index is 0.204. The van der Waals surface area contributed by atoms with Gasteiger partial charge in [0, 0.05) is 32.9 Å². The Morgan fingerprint density at radius 2 is 1.96 bits per heavy atom. The summed E-state index contributed by atoms with van der Waals surface area (Å²) < 4.78 is 7.14. The van der Waals surface area contributed by atoms with E-state index < -0.39 is 0 Å². The fourth-order valence-electron chi connectivity index (χ4n) is 2.97. The molecule has 1 amide bonds. The van der Waals surface area contributed by atoms with Crippen LogP contribution in [0.3, 0.4) is 0 Å². The van der Waals surface area contributed by atoms with Gasteiger partial charge >= 0.3 is 0 Å². The number of aryl methyl sites for hydroxylation is 1. The highest BCUT2D eigenvalue weighted by molar-refractivity contribution is 6.35. The number of halogens is 2. The molecule has 0 spiro atoms. The molecule has 0 radical (unpaired) electrons. The lowest BCUT2D eigenvalue weighted by molar-refractivity contribution is -0.117. The molecular weight excluding hydrogens is 397 g/mol. The predicted octanol–water partition coefficient (Wildman–Crippen LogP) is 5.34. The second kappa shape index (κ2) is 8.67. The predicted molar refractivity (Wildman–Crippen MR) is 112 cm³/mol. The summed E-state index contributed by atoms with van der Waals surface area (Å²) in [6.45, 7) is 6.18. The number of benzene rings is 1. The van der Waals surface area contributed by atoms with E-state index in [2.05, 4.69) is 10.4 Å². The maximum atomic E-state index is 12.2. The first-order chi connectivity index (χ1) is 13.4. The summed E-state index contributed by atoms with van der Waals surface area (Å²) in [5.74, 6) is 0.503. The number of furan rings is 1. The van der Waals surface area contributed by atoms with Crippen LogP contribution in [0.2, 0.25) is 10.0 Å². The van der Waals surface area contributed by atoms with Crippen molar-refractivity contribution >= 4 is 35.2 Å². The zero-order valence-corrected chi connectivity index (χ0v) is 17.4. The van der Waals surface area contributed by atoms with E-state index in [1.807, 2.05) is 37.6 Å². The zero-order chi connectivity index (χ0) is 20.3. The summed E-state index contributed by atoms with van der Waals surface area (Å²) in [5, 5.41) is 8.64. The third-order valence-electron chi connectivity index (χ3n) is 4.54. The first-order valence-corrected chi connectivity index (χ1v) is 9.61. The SMILES string of the molecule is Cc1nn(Cc2c(Cl)cccc2Cl)c(C)c1/C=C/C(=O)N[C@@H](C)c1ccco1. The zero-order valence-electron chi connectivity index (χ0n) is 15.9. The number of aromatic nitrogens is 2. The van der Waals surface area contributed by atoms with Gasteiger partial charge < -0.3 is 9.73 Å². The van der Waals surface area contributed by atoms with E-state index in [0.717, 1.165) is 22.5 Å². The van der Waals surface area contributed by atoms with Gasteiger partial charge in [-0.2, -0.15) is 5.10 Å². The van der Waals surface area contributed by atoms with Crippen molar-refractivity contribution in [1.29, 1.82) is 0 Å². The van der Waals surface area contributed by atoms with E-state index in [1.165, 1.54) is 6.08 Å². The number of nitrogens with zero attached hydrogens (tertiary/aromatic N) is 2. The maximum absolute atomic E-state index is 12.2. The fourth-order valence-corrected chi connectivity index (χ4v) is 3.49. The van der Waals surface area contributed by atoms with Crippen LogP contribution in [-0.2, 0) is 11.3 Å². The number of amides is 1. The molecule has 1 atom stereocenters. The maximum Gasteiger partial charge on any atom is 0.244 e. The molecule has 0 aliphatic rings. The molecule has 3 rings (SSSR count). The van der Waals surface area contributed by atoms with E-state index in [-0.39, 0.29) is 11.9 Å². The standard InChI is InChI=1S/C21H21Cl2N3O2/c1-13-16(9-10-21(27)24-14(2)20-8-5-11-28-20)15(3)26(25-13)12-17-18(22)6-4-7-19(17)23/h4-11,14H,12H2,1-3H3,(H,24,27)/b10-9+/t14-/m0/s1. The quantitative estimate of drug-likeness (QED) is 0.550. The van der Waals surface area contributed by atoms with E-state index in [9.17, 15) is 4.79 Å². The Labute approximate surface area is 173 Å². The lowest BCUT2D eigenvalue weighted by Crippen LogP contribution is -2.24. The van der Waals surface area contributed by atoms with Crippen molar-refractivity contribution in [3.63, 3.8) is 0 Å². The first-order valence-electron chi connectivity index (χ1n) is 8.85. The molecule has 0 fully saturated rings. The molecule has 2 heterocycles. The van der Waals surface area contributed by atoms with Gasteiger partial charge in [0.1, 0.15) is 5.76 Å².